The molecule has 4 aliphatic rings. The first-order valence-electron chi connectivity index (χ1n) is 25.2. The number of carbonyl (C=O) groups excluding carboxylic acids is 4. The van der Waals surface area contributed by atoms with Crippen LogP contribution in [0.5, 0.6) is 17.2 Å². The van der Waals surface area contributed by atoms with Crippen molar-refractivity contribution in [2.24, 2.45) is 0 Å². The average Bonchev–Trinajstić information content (AvgIpc) is 3.94. The van der Waals surface area contributed by atoms with E-state index in [-0.39, 0.29) is 73.8 Å². The number of Topliss-reactive ketones (excluding diaryl/α,β-unsaturated/α-hetero) is 1. The summed E-state index contributed by atoms with van der Waals surface area (Å²) in [7, 11) is 1.53. The molecule has 0 radical (unpaired) electrons. The summed E-state index contributed by atoms with van der Waals surface area (Å²) >= 11 is 0. The first kappa shape index (κ1) is 53.9. The Hall–Kier alpha value is -5.89. The van der Waals surface area contributed by atoms with Gasteiger partial charge in [-0.05, 0) is 140 Å². The normalized spacial score (nSPS) is 19.1. The maximum absolute atomic E-state index is 14.2. The van der Waals surface area contributed by atoms with E-state index < -0.39 is 39.4 Å². The molecule has 3 amide bonds. The molecule has 0 saturated carbocycles. The van der Waals surface area contributed by atoms with Crippen molar-refractivity contribution >= 4 is 72.3 Å². The monoisotopic (exact) mass is 1080 g/mol. The van der Waals surface area contributed by atoms with Crippen LogP contribution in [-0.2, 0) is 62.8 Å². The van der Waals surface area contributed by atoms with Crippen LogP contribution < -0.4 is 29.3 Å². The SMILES string of the molecule is CCC(=O)C(CCSSC(C)(C)CCC(=O)Nc1cc(COc2cc3c(cc2C)C(=O)N2c4ccccc4C[C@H]2C(O)C3)cc(COc2cc3c(cc2OC)C(=O)N2c4ccccc4C[C@H]2C(O)C3)c1)S(=O)(=O)OC. The number of benzene rings is 5. The highest BCUT2D eigenvalue weighted by atomic mass is 33.1. The van der Waals surface area contributed by atoms with E-state index in [2.05, 4.69) is 9.50 Å². The second kappa shape index (κ2) is 22.4. The number of nitrogens with zero attached hydrogens (tertiary/aromatic N) is 2. The molecule has 0 saturated heterocycles. The van der Waals surface area contributed by atoms with E-state index in [0.29, 0.717) is 81.3 Å². The number of methoxy groups -OCH3 is 1. The number of anilines is 3. The molecule has 4 heterocycles. The molecule has 18 heteroatoms. The van der Waals surface area contributed by atoms with Gasteiger partial charge in [0.1, 0.15) is 24.2 Å². The van der Waals surface area contributed by atoms with E-state index in [1.54, 1.807) is 28.9 Å². The molecule has 15 nitrogen and oxygen atoms in total. The van der Waals surface area contributed by atoms with Crippen LogP contribution in [0.15, 0.2) is 91.0 Å². The maximum Gasteiger partial charge on any atom is 0.277 e. The van der Waals surface area contributed by atoms with Crippen LogP contribution >= 0.6 is 21.6 Å². The molecule has 4 aliphatic heterocycles. The lowest BCUT2D eigenvalue weighted by atomic mass is 9.96. The first-order valence-corrected chi connectivity index (χ1v) is 29.0. The van der Waals surface area contributed by atoms with E-state index in [1.165, 1.54) is 28.7 Å². The van der Waals surface area contributed by atoms with Gasteiger partial charge in [0, 0.05) is 64.4 Å². The molecule has 5 atom stereocenters. The number of hydrogen-bond acceptors (Lipinski definition) is 14. The van der Waals surface area contributed by atoms with Crippen LogP contribution in [0.3, 0.4) is 0 Å². The zero-order valence-electron chi connectivity index (χ0n) is 42.9. The topological polar surface area (TPSA) is 198 Å². The zero-order valence-corrected chi connectivity index (χ0v) is 45.4. The van der Waals surface area contributed by atoms with Crippen molar-refractivity contribution < 1.29 is 56.2 Å². The zero-order chi connectivity index (χ0) is 53.3. The minimum absolute atomic E-state index is 0.0282. The molecule has 75 heavy (non-hydrogen) atoms. The van der Waals surface area contributed by atoms with Crippen molar-refractivity contribution in [3.05, 3.63) is 141 Å². The van der Waals surface area contributed by atoms with Crippen LogP contribution in [0.1, 0.15) is 106 Å². The summed E-state index contributed by atoms with van der Waals surface area (Å²) in [6, 6.07) is 27.3. The van der Waals surface area contributed by atoms with E-state index in [0.717, 1.165) is 35.2 Å². The van der Waals surface area contributed by atoms with Gasteiger partial charge in [0.05, 0.1) is 38.5 Å². The molecule has 5 aromatic rings. The van der Waals surface area contributed by atoms with Gasteiger partial charge in [0.25, 0.3) is 21.9 Å². The number of ketones is 1. The fraction of sp³-hybridized carbons (Fsp3) is 0.404. The Morgan fingerprint density at radius 1 is 0.747 bits per heavy atom. The van der Waals surface area contributed by atoms with Crippen molar-refractivity contribution in [1.29, 1.82) is 0 Å². The minimum Gasteiger partial charge on any atom is -0.493 e. The summed E-state index contributed by atoms with van der Waals surface area (Å²) in [4.78, 5) is 57.9. The summed E-state index contributed by atoms with van der Waals surface area (Å²) in [5, 5.41) is 24.8. The highest BCUT2D eigenvalue weighted by molar-refractivity contribution is 8.77. The van der Waals surface area contributed by atoms with Gasteiger partial charge >= 0.3 is 0 Å². The number of para-hydroxylation sites is 2. The van der Waals surface area contributed by atoms with Gasteiger partial charge in [-0.3, -0.25) is 23.4 Å². The van der Waals surface area contributed by atoms with Gasteiger partial charge in [-0.15, -0.1) is 0 Å². The lowest BCUT2D eigenvalue weighted by Gasteiger charge is -2.26. The lowest BCUT2D eigenvalue weighted by molar-refractivity contribution is -0.118. The molecule has 0 bridgehead atoms. The van der Waals surface area contributed by atoms with E-state index in [9.17, 15) is 37.8 Å². The number of carbonyl (C=O) groups is 4. The highest BCUT2D eigenvalue weighted by Crippen LogP contribution is 2.43. The van der Waals surface area contributed by atoms with Crippen molar-refractivity contribution in [3.63, 3.8) is 0 Å². The Balaban J connectivity index is 0.927. The molecule has 3 N–H and O–H groups in total. The van der Waals surface area contributed by atoms with Gasteiger partial charge in [0.2, 0.25) is 5.91 Å². The van der Waals surface area contributed by atoms with Crippen LogP contribution in [-0.4, -0.2) is 96.4 Å². The smallest absolute Gasteiger partial charge is 0.277 e. The third-order valence-electron chi connectivity index (χ3n) is 14.6. The Bertz CT molecular complexity index is 3150. The summed E-state index contributed by atoms with van der Waals surface area (Å²) in [5.74, 6) is 0.653. The molecule has 0 aromatic heterocycles. The molecule has 9 rings (SSSR count). The Labute approximate surface area is 446 Å². The van der Waals surface area contributed by atoms with E-state index >= 15 is 0 Å². The standard InChI is InChI=1S/C57H63N3O12S3/c1-7-47(61)53(75(67,68)70-6)17-19-73-74-57(3,4)18-16-54(64)58-40-22-34(31-71-50-28-38-26-48(62)45-24-36-12-8-10-14-43(36)59(45)55(65)41(38)20-33(50)2)21-35(23-40)32-72-52-29-39-27-49(63)46-25-37-13-9-11-15-44(37)60(46)56(66)42(39)30-51(52)69-5/h8-15,20-23,28-30,45-46,48-49,53,62-63H,7,16-19,24-27,31-32H2,1-6H3,(H,58,64)/t45-,46-,48?,49?,53?/m0/s1. The van der Waals surface area contributed by atoms with Crippen LogP contribution in [0, 0.1) is 6.92 Å². The second-order valence-electron chi connectivity index (χ2n) is 20.2. The lowest BCUT2D eigenvalue weighted by Crippen LogP contribution is -2.43. The first-order chi connectivity index (χ1) is 35.9. The third-order valence-corrected chi connectivity index (χ3v) is 19.6. The van der Waals surface area contributed by atoms with Crippen molar-refractivity contribution in [1.82, 2.24) is 0 Å². The number of fused-ring (bicyclic) bond motifs is 8. The fourth-order valence-electron chi connectivity index (χ4n) is 10.6. The van der Waals surface area contributed by atoms with Gasteiger partial charge in [-0.2, -0.15) is 8.42 Å². The number of aliphatic hydroxyl groups excluding tert-OH is 2. The van der Waals surface area contributed by atoms with Crippen LogP contribution in [0.4, 0.5) is 17.1 Å². The fourth-order valence-corrected chi connectivity index (χ4v) is 14.6. The Kier molecular flexibility index (Phi) is 16.1. The Morgan fingerprint density at radius 2 is 1.29 bits per heavy atom. The second-order valence-corrected chi connectivity index (χ2v) is 25.2. The predicted octanol–water partition coefficient (Wildman–Crippen LogP) is 8.73. The van der Waals surface area contributed by atoms with Gasteiger partial charge in [-0.1, -0.05) is 64.9 Å². The van der Waals surface area contributed by atoms with E-state index in [4.69, 9.17) is 14.2 Å². The number of aryl methyl sites for hydroxylation is 1. The third kappa shape index (κ3) is 11.5. The predicted molar refractivity (Wildman–Crippen MR) is 292 cm³/mol. The van der Waals surface area contributed by atoms with Crippen molar-refractivity contribution in [2.75, 3.05) is 35.1 Å². The molecule has 0 fully saturated rings. The molecule has 0 aliphatic carbocycles. The molecule has 5 aromatic carbocycles. The summed E-state index contributed by atoms with van der Waals surface area (Å²) in [5.41, 5.74) is 8.56. The van der Waals surface area contributed by atoms with Gasteiger partial charge < -0.3 is 39.5 Å². The molecule has 0 spiro atoms. The Morgan fingerprint density at radius 3 is 1.85 bits per heavy atom. The van der Waals surface area contributed by atoms with Gasteiger partial charge in [-0.25, -0.2) is 0 Å². The number of amides is 3. The number of aliphatic hydroxyl groups is 2. The summed E-state index contributed by atoms with van der Waals surface area (Å²) in [6.45, 7) is 7.62. The number of hydrogen-bond donors (Lipinski definition) is 3. The summed E-state index contributed by atoms with van der Waals surface area (Å²) < 4.78 is 47.9. The average molecular weight is 1080 g/mol. The van der Waals surface area contributed by atoms with Gasteiger partial charge in [0.15, 0.2) is 17.3 Å². The maximum atomic E-state index is 14.2. The number of nitrogens with one attached hydrogen (secondary N) is 1. The van der Waals surface area contributed by atoms with E-state index in [1.807, 2.05) is 99.6 Å². The quantitative estimate of drug-likeness (QED) is 0.0380. The van der Waals surface area contributed by atoms with Crippen molar-refractivity contribution in [3.8, 4) is 17.2 Å². The molecular formula is C57H63N3O12S3. The van der Waals surface area contributed by atoms with Crippen LogP contribution in [0.25, 0.3) is 0 Å². The number of ether oxygens (including phenoxy) is 3. The molecule has 3 unspecified atom stereocenters. The largest absolute Gasteiger partial charge is 0.493 e. The molecular weight excluding hydrogens is 1010 g/mol. The van der Waals surface area contributed by atoms with Crippen LogP contribution in [0.2, 0.25) is 0 Å². The molecule has 396 valence electrons. The minimum atomic E-state index is -4.01. The van der Waals surface area contributed by atoms with Crippen molar-refractivity contribution in [2.45, 2.75) is 127 Å². The number of rotatable bonds is 20. The summed E-state index contributed by atoms with van der Waals surface area (Å²) in [6.07, 6.45) is 0.867. The highest BCUT2D eigenvalue weighted by Gasteiger charge is 2.44.